The van der Waals surface area contributed by atoms with Gasteiger partial charge in [-0.15, -0.1) is 0 Å². The van der Waals surface area contributed by atoms with E-state index in [-0.39, 0.29) is 29.9 Å². The molecule has 1 saturated heterocycles. The third-order valence-electron chi connectivity index (χ3n) is 5.86. The van der Waals surface area contributed by atoms with Gasteiger partial charge in [0.25, 0.3) is 0 Å². The van der Waals surface area contributed by atoms with Crippen LogP contribution in [-0.2, 0) is 14.8 Å². The molecule has 0 unspecified atom stereocenters. The Morgan fingerprint density at radius 2 is 1.97 bits per heavy atom. The molecule has 1 aromatic rings. The van der Waals surface area contributed by atoms with Crippen molar-refractivity contribution in [3.05, 3.63) is 29.6 Å². The fourth-order valence-corrected chi connectivity index (χ4v) is 5.33. The first kappa shape index (κ1) is 22.5. The summed E-state index contributed by atoms with van der Waals surface area (Å²) in [4.78, 5) is 0. The number of hydrogen-bond donors (Lipinski definition) is 2. The topological polar surface area (TPSA) is 76.7 Å². The lowest BCUT2D eigenvalue weighted by Crippen LogP contribution is -2.55. The van der Waals surface area contributed by atoms with Crippen LogP contribution in [0.5, 0.6) is 5.75 Å². The van der Waals surface area contributed by atoms with E-state index in [0.29, 0.717) is 24.5 Å². The Bertz CT molecular complexity index is 766. The quantitative estimate of drug-likeness (QED) is 0.666. The van der Waals surface area contributed by atoms with Gasteiger partial charge in [0.15, 0.2) is 0 Å². The molecule has 0 amide bonds. The van der Waals surface area contributed by atoms with Crippen LogP contribution in [0.2, 0.25) is 0 Å². The molecule has 6 nitrogen and oxygen atoms in total. The number of hydrogen-bond acceptors (Lipinski definition) is 5. The van der Waals surface area contributed by atoms with E-state index in [1.807, 2.05) is 13.0 Å². The van der Waals surface area contributed by atoms with Crippen molar-refractivity contribution in [2.24, 2.45) is 0 Å². The molecule has 2 aliphatic rings. The second-order valence-corrected chi connectivity index (χ2v) is 9.87. The number of sulfonamides is 1. The van der Waals surface area contributed by atoms with Crippen LogP contribution in [0.3, 0.4) is 0 Å². The zero-order chi connectivity index (χ0) is 20.9. The first-order chi connectivity index (χ1) is 13.9. The number of rotatable bonds is 8. The lowest BCUT2D eigenvalue weighted by atomic mass is 9.82. The van der Waals surface area contributed by atoms with Crippen molar-refractivity contribution < 1.29 is 22.3 Å². The third kappa shape index (κ3) is 6.38. The Kier molecular flexibility index (Phi) is 7.90. The molecule has 0 aromatic heterocycles. The summed E-state index contributed by atoms with van der Waals surface area (Å²) in [5.74, 6) is 0.601. The molecule has 0 radical (unpaired) electrons. The highest BCUT2D eigenvalue weighted by molar-refractivity contribution is 7.88. The van der Waals surface area contributed by atoms with Gasteiger partial charge in [0.05, 0.1) is 25.6 Å². The van der Waals surface area contributed by atoms with Gasteiger partial charge in [-0.1, -0.05) is 6.07 Å². The first-order valence-electron chi connectivity index (χ1n) is 10.6. The van der Waals surface area contributed by atoms with Crippen molar-refractivity contribution in [3.8, 4) is 5.75 Å². The molecule has 2 fully saturated rings. The number of benzene rings is 1. The predicted molar refractivity (Wildman–Crippen MR) is 111 cm³/mol. The Balaban J connectivity index is 1.52. The summed E-state index contributed by atoms with van der Waals surface area (Å²) in [5, 5.41) is 3.38. The molecule has 29 heavy (non-hydrogen) atoms. The van der Waals surface area contributed by atoms with E-state index >= 15 is 0 Å². The fourth-order valence-electron chi connectivity index (χ4n) is 4.50. The van der Waals surface area contributed by atoms with Crippen molar-refractivity contribution in [1.29, 1.82) is 0 Å². The number of halogens is 1. The van der Waals surface area contributed by atoms with Gasteiger partial charge in [0, 0.05) is 17.6 Å². The largest absolute Gasteiger partial charge is 0.493 e. The summed E-state index contributed by atoms with van der Waals surface area (Å²) in [5.41, 5.74) is 0.694. The molecule has 1 heterocycles. The molecule has 1 saturated carbocycles. The molecule has 1 aromatic carbocycles. The summed E-state index contributed by atoms with van der Waals surface area (Å²) in [6.07, 6.45) is 6.51. The number of nitrogens with one attached hydrogen (secondary N) is 2. The second-order valence-electron chi connectivity index (χ2n) is 8.09. The highest BCUT2D eigenvalue weighted by atomic mass is 32.2. The van der Waals surface area contributed by atoms with E-state index in [0.717, 1.165) is 45.1 Å². The van der Waals surface area contributed by atoms with Crippen LogP contribution >= 0.6 is 0 Å². The van der Waals surface area contributed by atoms with Crippen molar-refractivity contribution in [1.82, 2.24) is 10.0 Å². The minimum absolute atomic E-state index is 0.0210. The van der Waals surface area contributed by atoms with Gasteiger partial charge in [0.1, 0.15) is 11.6 Å². The zero-order valence-electron chi connectivity index (χ0n) is 17.3. The van der Waals surface area contributed by atoms with Crippen LogP contribution in [0.1, 0.15) is 56.9 Å². The van der Waals surface area contributed by atoms with Crippen molar-refractivity contribution in [3.63, 3.8) is 0 Å². The van der Waals surface area contributed by atoms with Crippen molar-refractivity contribution >= 4 is 10.0 Å². The Hall–Kier alpha value is -1.22. The van der Waals surface area contributed by atoms with Gasteiger partial charge in [-0.2, -0.15) is 0 Å². The maximum atomic E-state index is 14.4. The Morgan fingerprint density at radius 3 is 2.66 bits per heavy atom. The number of ether oxygens (including phenoxy) is 2. The maximum Gasteiger partial charge on any atom is 0.209 e. The SMILES string of the molecule is CCOc1cccc(F)c1C1CCC(OC[C@@H]2NCCC[C@@H]2NS(C)(=O)=O)CC1. The maximum absolute atomic E-state index is 14.4. The summed E-state index contributed by atoms with van der Waals surface area (Å²) in [7, 11) is -3.24. The second kappa shape index (κ2) is 10.2. The fraction of sp³-hybridized carbons (Fsp3) is 0.714. The van der Waals surface area contributed by atoms with Gasteiger partial charge >= 0.3 is 0 Å². The summed E-state index contributed by atoms with van der Waals surface area (Å²) in [6.45, 7) is 3.78. The molecular weight excluding hydrogens is 395 g/mol. The van der Waals surface area contributed by atoms with Crippen LogP contribution in [0.25, 0.3) is 0 Å². The van der Waals surface area contributed by atoms with Gasteiger partial charge in [-0.05, 0) is 70.0 Å². The highest BCUT2D eigenvalue weighted by Crippen LogP contribution is 2.39. The minimum Gasteiger partial charge on any atom is -0.493 e. The van der Waals surface area contributed by atoms with Crippen LogP contribution in [-0.4, -0.2) is 52.6 Å². The highest BCUT2D eigenvalue weighted by Gasteiger charge is 2.30. The van der Waals surface area contributed by atoms with Crippen LogP contribution < -0.4 is 14.8 Å². The summed E-state index contributed by atoms with van der Waals surface area (Å²) >= 11 is 0. The predicted octanol–water partition coefficient (Wildman–Crippen LogP) is 2.94. The van der Waals surface area contributed by atoms with Crippen LogP contribution in [0.15, 0.2) is 18.2 Å². The van der Waals surface area contributed by atoms with E-state index in [4.69, 9.17) is 9.47 Å². The monoisotopic (exact) mass is 428 g/mol. The van der Waals surface area contributed by atoms with Crippen LogP contribution in [0.4, 0.5) is 4.39 Å². The van der Waals surface area contributed by atoms with E-state index in [9.17, 15) is 12.8 Å². The number of piperidine rings is 1. The lowest BCUT2D eigenvalue weighted by molar-refractivity contribution is 0.00493. The molecule has 3 rings (SSSR count). The zero-order valence-corrected chi connectivity index (χ0v) is 18.1. The van der Waals surface area contributed by atoms with Crippen molar-refractivity contribution in [2.45, 2.75) is 69.6 Å². The molecule has 2 N–H and O–H groups in total. The molecule has 1 aliphatic carbocycles. The third-order valence-corrected chi connectivity index (χ3v) is 6.59. The van der Waals surface area contributed by atoms with Crippen LogP contribution in [0, 0.1) is 5.82 Å². The molecule has 0 spiro atoms. The molecule has 2 atom stereocenters. The normalized spacial score (nSPS) is 28.2. The smallest absolute Gasteiger partial charge is 0.209 e. The first-order valence-corrected chi connectivity index (χ1v) is 12.5. The van der Waals surface area contributed by atoms with Gasteiger partial charge in [-0.3, -0.25) is 0 Å². The summed E-state index contributed by atoms with van der Waals surface area (Å²) < 4.78 is 52.2. The van der Waals surface area contributed by atoms with E-state index in [2.05, 4.69) is 10.0 Å². The Labute approximate surface area is 173 Å². The standard InChI is InChI=1S/C21H33FN2O4S/c1-3-27-20-8-4-6-17(22)21(20)15-9-11-16(12-10-15)28-14-19-18(7-5-13-23-19)24-29(2,25)26/h4,6,8,15-16,18-19,23-24H,3,5,7,9-14H2,1-2H3/t15?,16?,18-,19-/m0/s1. The molecule has 1 aliphatic heterocycles. The molecule has 164 valence electrons. The van der Waals surface area contributed by atoms with Gasteiger partial charge < -0.3 is 14.8 Å². The Morgan fingerprint density at radius 1 is 1.21 bits per heavy atom. The van der Waals surface area contributed by atoms with E-state index in [1.165, 1.54) is 12.3 Å². The molecule has 0 bridgehead atoms. The average molecular weight is 429 g/mol. The van der Waals surface area contributed by atoms with Crippen molar-refractivity contribution in [2.75, 3.05) is 26.0 Å². The van der Waals surface area contributed by atoms with E-state index < -0.39 is 10.0 Å². The van der Waals surface area contributed by atoms with Gasteiger partial charge in [0.2, 0.25) is 10.0 Å². The molecule has 8 heteroatoms. The minimum atomic E-state index is -3.24. The van der Waals surface area contributed by atoms with Gasteiger partial charge in [-0.25, -0.2) is 17.5 Å². The average Bonchev–Trinajstić information content (AvgIpc) is 2.67. The summed E-state index contributed by atoms with van der Waals surface area (Å²) in [6, 6.07) is 4.88. The van der Waals surface area contributed by atoms with E-state index in [1.54, 1.807) is 6.07 Å². The lowest BCUT2D eigenvalue weighted by Gasteiger charge is -2.35. The molecular formula is C21H33FN2O4S.